The van der Waals surface area contributed by atoms with E-state index < -0.39 is 0 Å². The molecular formula is C24H25ClN6. The number of halogens is 1. The van der Waals surface area contributed by atoms with Crippen LogP contribution in [0.3, 0.4) is 0 Å². The van der Waals surface area contributed by atoms with Crippen molar-refractivity contribution in [1.29, 1.82) is 0 Å². The van der Waals surface area contributed by atoms with Crippen LogP contribution in [0.2, 0.25) is 5.15 Å². The van der Waals surface area contributed by atoms with Gasteiger partial charge in [0.1, 0.15) is 16.6 Å². The predicted octanol–water partition coefficient (Wildman–Crippen LogP) is 4.95. The van der Waals surface area contributed by atoms with Gasteiger partial charge in [0.05, 0.1) is 0 Å². The van der Waals surface area contributed by atoms with Crippen molar-refractivity contribution in [3.63, 3.8) is 0 Å². The van der Waals surface area contributed by atoms with Crippen LogP contribution >= 0.6 is 11.6 Å². The van der Waals surface area contributed by atoms with Crippen molar-refractivity contribution < 1.29 is 0 Å². The first-order chi connectivity index (χ1) is 15.2. The molecule has 5 rings (SSSR count). The number of aromatic amines is 1. The van der Waals surface area contributed by atoms with Gasteiger partial charge in [0.25, 0.3) is 0 Å². The number of anilines is 1. The van der Waals surface area contributed by atoms with E-state index in [1.54, 1.807) is 12.4 Å². The van der Waals surface area contributed by atoms with Gasteiger partial charge >= 0.3 is 0 Å². The molecule has 6 nitrogen and oxygen atoms in total. The maximum Gasteiger partial charge on any atom is 0.137 e. The van der Waals surface area contributed by atoms with Gasteiger partial charge in [-0.1, -0.05) is 17.7 Å². The molecule has 0 amide bonds. The van der Waals surface area contributed by atoms with E-state index in [2.05, 4.69) is 38.1 Å². The molecule has 0 radical (unpaired) electrons. The highest BCUT2D eigenvalue weighted by atomic mass is 35.5. The molecule has 2 unspecified atom stereocenters. The summed E-state index contributed by atoms with van der Waals surface area (Å²) in [7, 11) is 0. The number of H-pyrrole nitrogens is 1. The van der Waals surface area contributed by atoms with E-state index in [1.807, 2.05) is 30.6 Å². The Hall–Kier alpha value is -2.96. The van der Waals surface area contributed by atoms with Gasteiger partial charge in [0.15, 0.2) is 0 Å². The van der Waals surface area contributed by atoms with Gasteiger partial charge in [0.2, 0.25) is 0 Å². The number of nitrogens with zero attached hydrogens (tertiary/aromatic N) is 4. The van der Waals surface area contributed by atoms with E-state index >= 15 is 0 Å². The zero-order valence-electron chi connectivity index (χ0n) is 17.2. The lowest BCUT2D eigenvalue weighted by Gasteiger charge is -2.37. The minimum absolute atomic E-state index is 0.216. The highest BCUT2D eigenvalue weighted by Gasteiger charge is 2.27. The Morgan fingerprint density at radius 1 is 1.16 bits per heavy atom. The van der Waals surface area contributed by atoms with Crippen LogP contribution in [0.5, 0.6) is 0 Å². The molecule has 0 saturated heterocycles. The monoisotopic (exact) mass is 432 g/mol. The van der Waals surface area contributed by atoms with Gasteiger partial charge in [-0.15, -0.1) is 0 Å². The maximum atomic E-state index is 6.53. The van der Waals surface area contributed by atoms with Crippen molar-refractivity contribution in [2.24, 2.45) is 5.73 Å². The highest BCUT2D eigenvalue weighted by Crippen LogP contribution is 2.34. The molecule has 4 aromatic heterocycles. The SMILES string of the molecule is NC1CCCC(N(Cc2cccnc2)c2cc(-c3c[nH]c4ncccc34)cc(Cl)n2)C1. The molecule has 1 aliphatic carbocycles. The Bertz CT molecular complexity index is 1180. The van der Waals surface area contributed by atoms with E-state index in [0.717, 1.165) is 59.2 Å². The first kappa shape index (κ1) is 20.0. The second kappa shape index (κ2) is 8.65. The summed E-state index contributed by atoms with van der Waals surface area (Å²) >= 11 is 6.53. The number of pyridine rings is 3. The van der Waals surface area contributed by atoms with Gasteiger partial charge < -0.3 is 15.6 Å². The third-order valence-electron chi connectivity index (χ3n) is 6.04. The number of hydrogen-bond donors (Lipinski definition) is 2. The van der Waals surface area contributed by atoms with Gasteiger partial charge in [0, 0.05) is 54.4 Å². The largest absolute Gasteiger partial charge is 0.349 e. The molecule has 1 fully saturated rings. The lowest BCUT2D eigenvalue weighted by atomic mass is 9.90. The molecule has 31 heavy (non-hydrogen) atoms. The van der Waals surface area contributed by atoms with Crippen molar-refractivity contribution >= 4 is 28.5 Å². The Labute approximate surface area is 186 Å². The van der Waals surface area contributed by atoms with Crippen molar-refractivity contribution in [2.75, 3.05) is 4.90 Å². The minimum atomic E-state index is 0.216. The number of aromatic nitrogens is 4. The van der Waals surface area contributed by atoms with Crippen LogP contribution in [0, 0.1) is 0 Å². The summed E-state index contributed by atoms with van der Waals surface area (Å²) in [6.45, 7) is 0.716. The molecular weight excluding hydrogens is 408 g/mol. The smallest absolute Gasteiger partial charge is 0.137 e. The average molecular weight is 433 g/mol. The number of fused-ring (bicyclic) bond motifs is 1. The molecule has 4 heterocycles. The van der Waals surface area contributed by atoms with Crippen LogP contribution in [0.4, 0.5) is 5.82 Å². The van der Waals surface area contributed by atoms with Crippen molar-refractivity contribution in [3.05, 3.63) is 71.9 Å². The van der Waals surface area contributed by atoms with Gasteiger partial charge in [-0.05, 0) is 67.1 Å². The van der Waals surface area contributed by atoms with Crippen LogP contribution in [0.25, 0.3) is 22.2 Å². The van der Waals surface area contributed by atoms with E-state index in [4.69, 9.17) is 22.3 Å². The van der Waals surface area contributed by atoms with Crippen LogP contribution in [-0.2, 0) is 6.54 Å². The number of rotatable bonds is 5. The fourth-order valence-electron chi connectivity index (χ4n) is 4.55. The van der Waals surface area contributed by atoms with Crippen molar-refractivity contribution in [2.45, 2.75) is 44.3 Å². The molecule has 0 spiro atoms. The molecule has 0 bridgehead atoms. The lowest BCUT2D eigenvalue weighted by molar-refractivity contribution is 0.370. The average Bonchev–Trinajstić information content (AvgIpc) is 3.22. The first-order valence-corrected chi connectivity index (χ1v) is 11.1. The molecule has 0 aromatic carbocycles. The summed E-state index contributed by atoms with van der Waals surface area (Å²) in [5.74, 6) is 0.865. The van der Waals surface area contributed by atoms with Gasteiger partial charge in [-0.2, -0.15) is 0 Å². The third kappa shape index (κ3) is 4.27. The topological polar surface area (TPSA) is 83.7 Å². The van der Waals surface area contributed by atoms with E-state index in [0.29, 0.717) is 17.7 Å². The zero-order chi connectivity index (χ0) is 21.2. The maximum absolute atomic E-state index is 6.53. The van der Waals surface area contributed by atoms with Gasteiger partial charge in [-0.25, -0.2) is 9.97 Å². The summed E-state index contributed by atoms with van der Waals surface area (Å²) in [4.78, 5) is 19.0. The molecule has 158 valence electrons. The van der Waals surface area contributed by atoms with Crippen LogP contribution in [-0.4, -0.2) is 32.0 Å². The molecule has 1 aliphatic rings. The van der Waals surface area contributed by atoms with E-state index in [-0.39, 0.29) is 6.04 Å². The summed E-state index contributed by atoms with van der Waals surface area (Å²) in [5.41, 5.74) is 10.4. The third-order valence-corrected chi connectivity index (χ3v) is 6.23. The number of nitrogens with two attached hydrogens (primary N) is 1. The van der Waals surface area contributed by atoms with E-state index in [1.165, 1.54) is 0 Å². The van der Waals surface area contributed by atoms with Gasteiger partial charge in [-0.3, -0.25) is 4.98 Å². The normalized spacial score (nSPS) is 18.9. The van der Waals surface area contributed by atoms with E-state index in [9.17, 15) is 0 Å². The quantitative estimate of drug-likeness (QED) is 0.436. The van der Waals surface area contributed by atoms with Crippen LogP contribution < -0.4 is 10.6 Å². The van der Waals surface area contributed by atoms with Crippen molar-refractivity contribution in [3.8, 4) is 11.1 Å². The summed E-state index contributed by atoms with van der Waals surface area (Å²) in [6, 6.07) is 12.6. The summed E-state index contributed by atoms with van der Waals surface area (Å²) in [6.07, 6.45) is 11.7. The Morgan fingerprint density at radius 2 is 2.06 bits per heavy atom. The standard InChI is InChI=1S/C24H25ClN6/c25-22-10-17(21-14-29-24-20(21)7-3-9-28-24)11-23(30-22)31(15-16-4-2-8-27-13-16)19-6-1-5-18(26)12-19/h2-4,7-11,13-14,18-19H,1,5-6,12,15,26H2,(H,28,29). The lowest BCUT2D eigenvalue weighted by Crippen LogP contribution is -2.42. The Morgan fingerprint density at radius 3 is 2.90 bits per heavy atom. The molecule has 0 aliphatic heterocycles. The Balaban J connectivity index is 1.57. The summed E-state index contributed by atoms with van der Waals surface area (Å²) < 4.78 is 0. The fraction of sp³-hybridized carbons (Fsp3) is 0.292. The number of hydrogen-bond acceptors (Lipinski definition) is 5. The fourth-order valence-corrected chi connectivity index (χ4v) is 4.75. The molecule has 4 aromatic rings. The Kier molecular flexibility index (Phi) is 5.57. The second-order valence-electron chi connectivity index (χ2n) is 8.21. The minimum Gasteiger partial charge on any atom is -0.349 e. The number of nitrogens with one attached hydrogen (secondary N) is 1. The molecule has 3 N–H and O–H groups in total. The molecule has 7 heteroatoms. The van der Waals surface area contributed by atoms with Crippen LogP contribution in [0.15, 0.2) is 61.2 Å². The van der Waals surface area contributed by atoms with Crippen LogP contribution in [0.1, 0.15) is 31.2 Å². The molecule has 1 saturated carbocycles. The zero-order valence-corrected chi connectivity index (χ0v) is 18.0. The predicted molar refractivity (Wildman–Crippen MR) is 125 cm³/mol. The van der Waals surface area contributed by atoms with Crippen molar-refractivity contribution in [1.82, 2.24) is 19.9 Å². The summed E-state index contributed by atoms with van der Waals surface area (Å²) in [5, 5.41) is 1.54. The second-order valence-corrected chi connectivity index (χ2v) is 8.60. The highest BCUT2D eigenvalue weighted by molar-refractivity contribution is 6.29. The first-order valence-electron chi connectivity index (χ1n) is 10.7. The molecule has 2 atom stereocenters.